The van der Waals surface area contributed by atoms with Crippen LogP contribution in [0.3, 0.4) is 0 Å². The molecule has 1 amide bonds. The summed E-state index contributed by atoms with van der Waals surface area (Å²) < 4.78 is 71.7. The van der Waals surface area contributed by atoms with E-state index in [2.05, 4.69) is 0 Å². The molecule has 3 aliphatic rings. The first kappa shape index (κ1) is 29.9. The molecule has 1 saturated carbocycles. The molecule has 0 aliphatic heterocycles. The summed E-state index contributed by atoms with van der Waals surface area (Å²) in [5.74, 6) is -23.4. The number of Topliss-reactive ketones (excluding diaryl/α,β-unsaturated/α-hetero) is 2. The number of likely N-dealkylation sites (N-methyl/N-ethyl adjacent to an activating group) is 1. The van der Waals surface area contributed by atoms with E-state index >= 15 is 0 Å². The first-order valence-electron chi connectivity index (χ1n) is 12.4. The number of phenolic OH excluding ortho intramolecular Hbond substituents is 1. The third kappa shape index (κ3) is 3.78. The molecule has 43 heavy (non-hydrogen) atoms. The van der Waals surface area contributed by atoms with Gasteiger partial charge in [0, 0.05) is 5.92 Å². The number of aliphatic hydroxyl groups excluding tert-OH is 3. The van der Waals surface area contributed by atoms with Crippen LogP contribution in [-0.2, 0) is 14.4 Å². The van der Waals surface area contributed by atoms with Gasteiger partial charge in [0.1, 0.15) is 22.8 Å². The number of nitrogens with two attached hydrogens (primary N) is 1. The van der Waals surface area contributed by atoms with Crippen molar-refractivity contribution in [1.82, 2.24) is 4.90 Å². The summed E-state index contributed by atoms with van der Waals surface area (Å²) in [6, 6.07) is 1.56. The summed E-state index contributed by atoms with van der Waals surface area (Å²) in [4.78, 5) is 40.5. The van der Waals surface area contributed by atoms with Crippen LogP contribution in [-0.4, -0.2) is 79.7 Å². The van der Waals surface area contributed by atoms with Crippen LogP contribution in [0.5, 0.6) is 5.75 Å². The molecule has 0 heterocycles. The predicted octanol–water partition coefficient (Wildman–Crippen LogP) is 1.63. The highest BCUT2D eigenvalue weighted by molar-refractivity contribution is 6.25. The summed E-state index contributed by atoms with van der Waals surface area (Å²) in [7, 11) is 2.51. The van der Waals surface area contributed by atoms with Crippen molar-refractivity contribution < 1.29 is 61.9 Å². The second-order valence-electron chi connectivity index (χ2n) is 10.5. The first-order chi connectivity index (χ1) is 20.0. The van der Waals surface area contributed by atoms with Crippen LogP contribution in [0.25, 0.3) is 17.4 Å². The number of hydrogen-bond donors (Lipinski definition) is 6. The van der Waals surface area contributed by atoms with Gasteiger partial charge < -0.3 is 31.3 Å². The molecule has 2 aromatic carbocycles. The number of carbonyl (C=O) groups excluding carboxylic acids is 3. The lowest BCUT2D eigenvalue weighted by Crippen LogP contribution is -2.70. The third-order valence-electron chi connectivity index (χ3n) is 8.07. The predicted molar refractivity (Wildman–Crippen MR) is 136 cm³/mol. The Morgan fingerprint density at radius 3 is 2.07 bits per heavy atom. The molecule has 10 nitrogen and oxygen atoms in total. The largest absolute Gasteiger partial charge is 0.508 e. The second kappa shape index (κ2) is 9.72. The smallest absolute Gasteiger partial charge is 0.255 e. The Hall–Kier alpha value is -4.60. The summed E-state index contributed by atoms with van der Waals surface area (Å²) in [6.45, 7) is 0. The van der Waals surface area contributed by atoms with Crippen molar-refractivity contribution in [1.29, 1.82) is 0 Å². The molecule has 226 valence electrons. The minimum atomic E-state index is -3.30. The summed E-state index contributed by atoms with van der Waals surface area (Å²) >= 11 is 0. The maximum absolute atomic E-state index is 14.8. The third-order valence-corrected chi connectivity index (χ3v) is 8.07. The Bertz CT molecular complexity index is 1740. The van der Waals surface area contributed by atoms with Gasteiger partial charge in [0.05, 0.1) is 34.8 Å². The van der Waals surface area contributed by atoms with Gasteiger partial charge in [0.25, 0.3) is 5.91 Å². The molecule has 1 fully saturated rings. The van der Waals surface area contributed by atoms with Gasteiger partial charge in [0.15, 0.2) is 34.7 Å². The van der Waals surface area contributed by atoms with Gasteiger partial charge in [-0.25, -0.2) is 22.0 Å². The lowest BCUT2D eigenvalue weighted by Gasteiger charge is -2.53. The van der Waals surface area contributed by atoms with Crippen molar-refractivity contribution >= 4 is 34.9 Å². The zero-order chi connectivity index (χ0) is 32.0. The lowest BCUT2D eigenvalue weighted by molar-refractivity contribution is -0.166. The highest BCUT2D eigenvalue weighted by atomic mass is 19.2. The number of halogens is 5. The summed E-state index contributed by atoms with van der Waals surface area (Å²) in [5.41, 5.74) is -3.21. The van der Waals surface area contributed by atoms with Crippen LogP contribution in [0.2, 0.25) is 0 Å². The molecule has 0 saturated heterocycles. The van der Waals surface area contributed by atoms with Crippen molar-refractivity contribution in [3.8, 4) is 5.75 Å². The maximum atomic E-state index is 14.8. The molecule has 5 rings (SSSR count). The molecule has 0 radical (unpaired) electrons. The quantitative estimate of drug-likeness (QED) is 0.131. The number of hydrogen-bond acceptors (Lipinski definition) is 9. The molecule has 3 aliphatic carbocycles. The van der Waals surface area contributed by atoms with Crippen molar-refractivity contribution in [2.45, 2.75) is 17.7 Å². The molecular formula is C28H21F5N2O8. The number of amides is 1. The highest BCUT2D eigenvalue weighted by Gasteiger charge is 2.68. The van der Waals surface area contributed by atoms with Gasteiger partial charge in [-0.1, -0.05) is 12.1 Å². The number of aromatic hydroxyl groups is 1. The summed E-state index contributed by atoms with van der Waals surface area (Å²) in [5, 5.41) is 56.1. The number of benzene rings is 2. The zero-order valence-corrected chi connectivity index (χ0v) is 22.0. The van der Waals surface area contributed by atoms with Crippen molar-refractivity contribution in [3.05, 3.63) is 80.9 Å². The van der Waals surface area contributed by atoms with Crippen LogP contribution in [0.4, 0.5) is 22.0 Å². The van der Waals surface area contributed by atoms with Crippen LogP contribution in [0, 0.1) is 40.9 Å². The number of rotatable bonds is 3. The molecule has 0 bridgehead atoms. The van der Waals surface area contributed by atoms with Crippen LogP contribution < -0.4 is 5.73 Å². The molecule has 5 atom stereocenters. The number of fused-ring (bicyclic) bond motifs is 3. The van der Waals surface area contributed by atoms with E-state index in [1.54, 1.807) is 0 Å². The van der Waals surface area contributed by atoms with E-state index in [-0.39, 0.29) is 5.56 Å². The average Bonchev–Trinajstić information content (AvgIpc) is 2.93. The van der Waals surface area contributed by atoms with Gasteiger partial charge in [-0.3, -0.25) is 19.3 Å². The van der Waals surface area contributed by atoms with Crippen LogP contribution in [0.15, 0.2) is 35.1 Å². The number of ketones is 2. The zero-order valence-electron chi connectivity index (χ0n) is 22.0. The molecule has 7 N–H and O–H groups in total. The number of phenols is 1. The number of primary amides is 1. The lowest BCUT2D eigenvalue weighted by atomic mass is 9.55. The van der Waals surface area contributed by atoms with Crippen LogP contribution >= 0.6 is 0 Å². The SMILES string of the molecule is CN(C)[C@H]1C(=O)C(C(N)=O)=C(O)[C@]2(O)C(=O)C3=C(O)c4c(O)cccc4/C(=C\c4c(F)c(F)c(F)c(F)c4F)[C@@H]3[C@@H](O)[C@H]12. The molecule has 0 spiro atoms. The van der Waals surface area contributed by atoms with Gasteiger partial charge in [-0.15, -0.1) is 0 Å². The fourth-order valence-corrected chi connectivity index (χ4v) is 6.21. The highest BCUT2D eigenvalue weighted by Crippen LogP contribution is 2.56. The molecule has 0 aromatic heterocycles. The van der Waals surface area contributed by atoms with Gasteiger partial charge in [0.2, 0.25) is 11.6 Å². The minimum absolute atomic E-state index is 0.325. The molecule has 0 unspecified atom stereocenters. The van der Waals surface area contributed by atoms with E-state index < -0.39 is 121 Å². The number of nitrogens with zero attached hydrogens (tertiary/aromatic N) is 1. The van der Waals surface area contributed by atoms with Crippen LogP contribution in [0.1, 0.15) is 16.7 Å². The van der Waals surface area contributed by atoms with Crippen molar-refractivity contribution in [2.24, 2.45) is 17.6 Å². The minimum Gasteiger partial charge on any atom is -0.508 e. The molecule has 15 heteroatoms. The van der Waals surface area contributed by atoms with Crippen molar-refractivity contribution in [3.63, 3.8) is 0 Å². The van der Waals surface area contributed by atoms with E-state index in [0.29, 0.717) is 6.08 Å². The van der Waals surface area contributed by atoms with E-state index in [0.717, 1.165) is 17.0 Å². The number of aliphatic hydroxyl groups is 4. The van der Waals surface area contributed by atoms with E-state index in [1.807, 2.05) is 0 Å². The fourth-order valence-electron chi connectivity index (χ4n) is 6.21. The van der Waals surface area contributed by atoms with E-state index in [1.165, 1.54) is 20.2 Å². The second-order valence-corrected chi connectivity index (χ2v) is 10.5. The van der Waals surface area contributed by atoms with Crippen molar-refractivity contribution in [2.75, 3.05) is 14.1 Å². The Labute approximate surface area is 238 Å². The maximum Gasteiger partial charge on any atom is 0.255 e. The average molecular weight is 608 g/mol. The molecule has 2 aromatic rings. The number of carbonyl (C=O) groups is 3. The Morgan fingerprint density at radius 1 is 0.977 bits per heavy atom. The Kier molecular flexibility index (Phi) is 6.75. The normalized spacial score (nSPS) is 27.9. The topological polar surface area (TPSA) is 182 Å². The Balaban J connectivity index is 1.91. The monoisotopic (exact) mass is 608 g/mol. The van der Waals surface area contributed by atoms with Gasteiger partial charge >= 0.3 is 0 Å². The van der Waals surface area contributed by atoms with E-state index in [9.17, 15) is 61.9 Å². The summed E-state index contributed by atoms with van der Waals surface area (Å²) in [6.07, 6.45) is -1.83. The standard InChI is InChI=1S/C28H21F5N2O8/c1-35(2)21-15-23(38)12-8(6-9-16(29)18(31)20(33)19(32)17(9)30)7-4-3-5-10(36)11(7)22(37)13(12)25(40)28(15,43)26(41)14(24(21)39)27(34)42/h3-6,12,15,21,23,36-38,41,43H,1-2H3,(H2,34,42)/b8-6+/t12-,15-,21+,23+,28+/m0/s1. The van der Waals surface area contributed by atoms with E-state index in [4.69, 9.17) is 5.73 Å². The van der Waals surface area contributed by atoms with Gasteiger partial charge in [-0.05, 0) is 37.4 Å². The van der Waals surface area contributed by atoms with Gasteiger partial charge in [-0.2, -0.15) is 0 Å². The first-order valence-corrected chi connectivity index (χ1v) is 12.4. The fraction of sp³-hybridized carbons (Fsp3) is 0.250. The molecular weight excluding hydrogens is 587 g/mol. The Morgan fingerprint density at radius 2 is 1.53 bits per heavy atom.